The number of likely N-dealkylation sites (tertiary alicyclic amines) is 1. The van der Waals surface area contributed by atoms with Crippen LogP contribution in [0.5, 0.6) is 0 Å². The molecule has 1 aromatic heterocycles. The van der Waals surface area contributed by atoms with E-state index in [4.69, 9.17) is 16.6 Å². The zero-order valence-corrected chi connectivity index (χ0v) is 15.0. The highest BCUT2D eigenvalue weighted by Gasteiger charge is 2.50. The third kappa shape index (κ3) is 2.30. The van der Waals surface area contributed by atoms with Crippen LogP contribution in [0.25, 0.3) is 10.2 Å². The molecule has 1 saturated heterocycles. The van der Waals surface area contributed by atoms with Crippen LogP contribution >= 0.6 is 22.9 Å². The number of rotatable bonds is 1. The molecule has 1 atom stereocenters. The summed E-state index contributed by atoms with van der Waals surface area (Å²) in [5, 5.41) is 2.03. The fourth-order valence-corrected chi connectivity index (χ4v) is 4.82. The number of piperidine rings is 1. The summed E-state index contributed by atoms with van der Waals surface area (Å²) in [5.74, 6) is 0.500. The van der Waals surface area contributed by atoms with Crippen molar-refractivity contribution in [2.24, 2.45) is 5.41 Å². The molecule has 1 unspecified atom stereocenters. The summed E-state index contributed by atoms with van der Waals surface area (Å²) < 4.78 is 1.24. The maximum atomic E-state index is 6.09. The maximum absolute atomic E-state index is 6.09. The van der Waals surface area contributed by atoms with Gasteiger partial charge in [-0.15, -0.1) is 11.3 Å². The molecule has 0 aliphatic carbocycles. The minimum Gasteiger partial charge on any atom is -0.301 e. The molecule has 0 amide bonds. The van der Waals surface area contributed by atoms with Crippen LogP contribution in [0.3, 0.4) is 0 Å². The van der Waals surface area contributed by atoms with Crippen molar-refractivity contribution < 1.29 is 0 Å². The molecular formula is C17H23ClN2S. The van der Waals surface area contributed by atoms with Crippen molar-refractivity contribution in [3.8, 4) is 0 Å². The highest BCUT2D eigenvalue weighted by Crippen LogP contribution is 2.52. The molecule has 114 valence electrons. The molecule has 0 N–H and O–H groups in total. The molecule has 2 heterocycles. The van der Waals surface area contributed by atoms with Gasteiger partial charge >= 0.3 is 0 Å². The first-order chi connectivity index (χ1) is 9.73. The Balaban J connectivity index is 2.05. The molecule has 1 fully saturated rings. The molecule has 0 saturated carbocycles. The van der Waals surface area contributed by atoms with Crippen molar-refractivity contribution in [3.63, 3.8) is 0 Å². The van der Waals surface area contributed by atoms with E-state index in [1.54, 1.807) is 0 Å². The molecule has 0 radical (unpaired) electrons. The summed E-state index contributed by atoms with van der Waals surface area (Å²) in [6.07, 6.45) is 1.17. The number of thiazole rings is 1. The van der Waals surface area contributed by atoms with Crippen molar-refractivity contribution >= 4 is 33.2 Å². The molecule has 4 heteroatoms. The standard InChI is InChI=1S/C17H23ClN2S/c1-16(2)12(8-9-20(5)17(16,3)4)15-19-13-10-11(18)6-7-14(13)21-15/h6-7,10,12H,8-9H2,1-5H3. The molecule has 1 aromatic carbocycles. The van der Waals surface area contributed by atoms with Crippen molar-refractivity contribution in [3.05, 3.63) is 28.2 Å². The average molecular weight is 323 g/mol. The van der Waals surface area contributed by atoms with Gasteiger partial charge in [0.1, 0.15) is 0 Å². The molecule has 0 bridgehead atoms. The SMILES string of the molecule is CN1CCC(c2nc3cc(Cl)ccc3s2)C(C)(C)C1(C)C. The van der Waals surface area contributed by atoms with Crippen LogP contribution in [0.15, 0.2) is 18.2 Å². The monoisotopic (exact) mass is 322 g/mol. The minimum absolute atomic E-state index is 0.158. The van der Waals surface area contributed by atoms with E-state index in [-0.39, 0.29) is 11.0 Å². The van der Waals surface area contributed by atoms with Gasteiger partial charge in [0.2, 0.25) is 0 Å². The molecule has 2 nitrogen and oxygen atoms in total. The van der Waals surface area contributed by atoms with Crippen LogP contribution in [0, 0.1) is 5.41 Å². The quantitative estimate of drug-likeness (QED) is 0.719. The van der Waals surface area contributed by atoms with E-state index in [1.807, 2.05) is 23.5 Å². The van der Waals surface area contributed by atoms with Gasteiger partial charge in [0.05, 0.1) is 15.2 Å². The summed E-state index contributed by atoms with van der Waals surface area (Å²) in [6.45, 7) is 10.6. The predicted molar refractivity (Wildman–Crippen MR) is 92.5 cm³/mol. The lowest BCUT2D eigenvalue weighted by molar-refractivity contribution is -0.0301. The molecule has 3 rings (SSSR count). The smallest absolute Gasteiger partial charge is 0.0976 e. The van der Waals surface area contributed by atoms with Gasteiger partial charge in [0.15, 0.2) is 0 Å². The van der Waals surface area contributed by atoms with Crippen LogP contribution in [0.4, 0.5) is 0 Å². The number of nitrogens with zero attached hydrogens (tertiary/aromatic N) is 2. The number of fused-ring (bicyclic) bond motifs is 1. The van der Waals surface area contributed by atoms with Gasteiger partial charge in [0.25, 0.3) is 0 Å². The molecule has 0 spiro atoms. The van der Waals surface area contributed by atoms with Crippen molar-refractivity contribution in [2.75, 3.05) is 13.6 Å². The number of halogens is 1. The number of hydrogen-bond acceptors (Lipinski definition) is 3. The van der Waals surface area contributed by atoms with Gasteiger partial charge in [-0.3, -0.25) is 0 Å². The summed E-state index contributed by atoms with van der Waals surface area (Å²) in [4.78, 5) is 7.38. The predicted octanol–water partition coefficient (Wildman–Crippen LogP) is 5.17. The van der Waals surface area contributed by atoms with E-state index in [0.717, 1.165) is 17.1 Å². The fourth-order valence-electron chi connectivity index (χ4n) is 3.38. The summed E-state index contributed by atoms with van der Waals surface area (Å²) >= 11 is 7.92. The third-order valence-corrected chi connectivity index (χ3v) is 7.20. The van der Waals surface area contributed by atoms with Crippen molar-refractivity contribution in [1.29, 1.82) is 0 Å². The highest BCUT2D eigenvalue weighted by molar-refractivity contribution is 7.18. The Morgan fingerprint density at radius 3 is 2.71 bits per heavy atom. The Hall–Kier alpha value is -0.640. The van der Waals surface area contributed by atoms with E-state index in [0.29, 0.717) is 5.92 Å². The zero-order chi connectivity index (χ0) is 15.4. The number of benzene rings is 1. The highest BCUT2D eigenvalue weighted by atomic mass is 35.5. The Kier molecular flexibility index (Phi) is 3.59. The Bertz CT molecular complexity index is 674. The fraction of sp³-hybridized carbons (Fsp3) is 0.588. The lowest BCUT2D eigenvalue weighted by atomic mass is 9.62. The second-order valence-corrected chi connectivity index (χ2v) is 8.71. The van der Waals surface area contributed by atoms with Crippen LogP contribution in [0.2, 0.25) is 5.02 Å². The number of hydrogen-bond donors (Lipinski definition) is 0. The van der Waals surface area contributed by atoms with Crippen LogP contribution in [-0.4, -0.2) is 29.0 Å². The minimum atomic E-state index is 0.158. The zero-order valence-electron chi connectivity index (χ0n) is 13.4. The largest absolute Gasteiger partial charge is 0.301 e. The molecule has 2 aromatic rings. The maximum Gasteiger partial charge on any atom is 0.0976 e. The van der Waals surface area contributed by atoms with E-state index in [9.17, 15) is 0 Å². The van der Waals surface area contributed by atoms with Gasteiger partial charge in [0, 0.05) is 16.5 Å². The topological polar surface area (TPSA) is 16.1 Å². The second kappa shape index (κ2) is 4.94. The summed E-state index contributed by atoms with van der Waals surface area (Å²) in [7, 11) is 2.23. The third-order valence-electron chi connectivity index (χ3n) is 5.82. The Morgan fingerprint density at radius 2 is 2.00 bits per heavy atom. The average Bonchev–Trinajstić information content (AvgIpc) is 2.79. The van der Waals surface area contributed by atoms with Gasteiger partial charge in [-0.2, -0.15) is 0 Å². The van der Waals surface area contributed by atoms with Crippen LogP contribution in [-0.2, 0) is 0 Å². The van der Waals surface area contributed by atoms with E-state index < -0.39 is 0 Å². The molecule has 21 heavy (non-hydrogen) atoms. The number of aromatic nitrogens is 1. The van der Waals surface area contributed by atoms with Crippen molar-refractivity contribution in [2.45, 2.75) is 45.6 Å². The molecule has 1 aliphatic heterocycles. The summed E-state index contributed by atoms with van der Waals surface area (Å²) in [5.41, 5.74) is 1.37. The van der Waals surface area contributed by atoms with Crippen LogP contribution in [0.1, 0.15) is 45.0 Å². The lowest BCUT2D eigenvalue weighted by Gasteiger charge is -2.55. The van der Waals surface area contributed by atoms with Gasteiger partial charge in [-0.25, -0.2) is 4.98 Å². The van der Waals surface area contributed by atoms with Crippen molar-refractivity contribution in [1.82, 2.24) is 9.88 Å². The lowest BCUT2D eigenvalue weighted by Crippen LogP contribution is -2.58. The first-order valence-electron chi connectivity index (χ1n) is 7.51. The first-order valence-corrected chi connectivity index (χ1v) is 8.70. The summed E-state index contributed by atoms with van der Waals surface area (Å²) in [6, 6.07) is 6.02. The van der Waals surface area contributed by atoms with Gasteiger partial charge < -0.3 is 4.90 Å². The molecule has 1 aliphatic rings. The van der Waals surface area contributed by atoms with Crippen LogP contribution < -0.4 is 0 Å². The van der Waals surface area contributed by atoms with E-state index in [1.165, 1.54) is 16.1 Å². The Labute approximate surface area is 136 Å². The second-order valence-electron chi connectivity index (χ2n) is 7.21. The Morgan fingerprint density at radius 1 is 1.29 bits per heavy atom. The van der Waals surface area contributed by atoms with Gasteiger partial charge in [-0.1, -0.05) is 25.4 Å². The van der Waals surface area contributed by atoms with E-state index >= 15 is 0 Å². The molecular weight excluding hydrogens is 300 g/mol. The van der Waals surface area contributed by atoms with E-state index in [2.05, 4.69) is 45.7 Å². The first kappa shape index (κ1) is 15.3. The van der Waals surface area contributed by atoms with Gasteiger partial charge in [-0.05, 0) is 57.5 Å². The normalized spacial score (nSPS) is 25.3.